The van der Waals surface area contributed by atoms with E-state index in [2.05, 4.69) is 20.8 Å². The van der Waals surface area contributed by atoms with Crippen molar-refractivity contribution in [1.82, 2.24) is 15.1 Å². The molecule has 1 heterocycles. The van der Waals surface area contributed by atoms with Crippen LogP contribution >= 0.6 is 11.6 Å². The lowest BCUT2D eigenvalue weighted by Crippen LogP contribution is -2.33. The fourth-order valence-electron chi connectivity index (χ4n) is 3.06. The first kappa shape index (κ1) is 22.5. The lowest BCUT2D eigenvalue weighted by atomic mass is 10.2. The summed E-state index contributed by atoms with van der Waals surface area (Å²) in [6.45, 7) is 4.64. The van der Waals surface area contributed by atoms with E-state index in [1.54, 1.807) is 30.3 Å². The number of halogens is 1. The molecule has 162 valence electrons. The maximum absolute atomic E-state index is 12.6. The number of aromatic nitrogens is 2. The Morgan fingerprint density at radius 1 is 1.06 bits per heavy atom. The van der Waals surface area contributed by atoms with Crippen LogP contribution in [0.15, 0.2) is 52.9 Å². The maximum atomic E-state index is 12.6. The predicted octanol–water partition coefficient (Wildman–Crippen LogP) is 4.20. The molecule has 0 atom stereocenters. The van der Waals surface area contributed by atoms with Gasteiger partial charge in [-0.25, -0.2) is 0 Å². The number of amides is 2. The smallest absolute Gasteiger partial charge is 0.249 e. The van der Waals surface area contributed by atoms with Crippen LogP contribution in [0.3, 0.4) is 0 Å². The molecule has 3 aromatic rings. The minimum atomic E-state index is -0.181. The van der Waals surface area contributed by atoms with E-state index in [0.717, 1.165) is 6.42 Å². The fraction of sp³-hybridized carbons (Fsp3) is 0.273. The Kier molecular flexibility index (Phi) is 7.75. The van der Waals surface area contributed by atoms with Gasteiger partial charge in [0.1, 0.15) is 0 Å². The highest BCUT2D eigenvalue weighted by Gasteiger charge is 2.16. The molecule has 0 aliphatic heterocycles. The van der Waals surface area contributed by atoms with Crippen LogP contribution in [0.2, 0.25) is 5.02 Å². The number of carbonyl (C=O) groups is 2. The average Bonchev–Trinajstić information content (AvgIpc) is 3.16. The Bertz CT molecular complexity index is 1050. The van der Waals surface area contributed by atoms with Crippen LogP contribution < -0.4 is 10.6 Å². The van der Waals surface area contributed by atoms with Crippen molar-refractivity contribution < 1.29 is 14.0 Å². The van der Waals surface area contributed by atoms with Gasteiger partial charge in [0, 0.05) is 18.3 Å². The molecule has 3 rings (SSSR count). The van der Waals surface area contributed by atoms with Gasteiger partial charge in [-0.1, -0.05) is 36.7 Å². The molecule has 2 aromatic carbocycles. The molecule has 1 aromatic heterocycles. The van der Waals surface area contributed by atoms with E-state index in [1.807, 2.05) is 30.0 Å². The second-order valence-corrected chi connectivity index (χ2v) is 7.41. The molecule has 9 heteroatoms. The minimum Gasteiger partial charge on any atom is -0.419 e. The van der Waals surface area contributed by atoms with Crippen LogP contribution in [0, 0.1) is 0 Å². The maximum Gasteiger partial charge on any atom is 0.249 e. The molecule has 2 amide bonds. The van der Waals surface area contributed by atoms with E-state index in [0.29, 0.717) is 46.8 Å². The Labute approximate surface area is 185 Å². The third-order valence-corrected chi connectivity index (χ3v) is 4.63. The van der Waals surface area contributed by atoms with E-state index in [9.17, 15) is 9.59 Å². The number of nitrogens with one attached hydrogen (secondary N) is 2. The Morgan fingerprint density at radius 2 is 1.81 bits per heavy atom. The average molecular weight is 442 g/mol. The summed E-state index contributed by atoms with van der Waals surface area (Å²) < 4.78 is 5.76. The van der Waals surface area contributed by atoms with Gasteiger partial charge in [0.2, 0.25) is 23.6 Å². The van der Waals surface area contributed by atoms with Gasteiger partial charge < -0.3 is 15.1 Å². The molecule has 0 unspecified atom stereocenters. The van der Waals surface area contributed by atoms with Gasteiger partial charge in [-0.05, 0) is 43.3 Å². The highest BCUT2D eigenvalue weighted by molar-refractivity contribution is 6.33. The largest absolute Gasteiger partial charge is 0.419 e. The van der Waals surface area contributed by atoms with Crippen LogP contribution in [0.4, 0.5) is 11.4 Å². The van der Waals surface area contributed by atoms with Crippen molar-refractivity contribution in [3.05, 3.63) is 59.4 Å². The van der Waals surface area contributed by atoms with Crippen molar-refractivity contribution in [1.29, 1.82) is 0 Å². The summed E-state index contributed by atoms with van der Waals surface area (Å²) in [5.41, 5.74) is 1.89. The van der Waals surface area contributed by atoms with Gasteiger partial charge in [0.15, 0.2) is 0 Å². The second kappa shape index (κ2) is 10.7. The molecule has 0 radical (unpaired) electrons. The van der Waals surface area contributed by atoms with E-state index >= 15 is 0 Å². The van der Waals surface area contributed by atoms with Crippen molar-refractivity contribution in [3.8, 4) is 11.5 Å². The molecule has 0 saturated heterocycles. The third-order valence-electron chi connectivity index (χ3n) is 4.30. The SMILES string of the molecule is CCCN(CC(=O)Nc1cccc(NC(C)=O)c1)Cc1nnc(-c2ccccc2Cl)o1. The summed E-state index contributed by atoms with van der Waals surface area (Å²) in [6, 6.07) is 14.2. The number of anilines is 2. The monoisotopic (exact) mass is 441 g/mol. The van der Waals surface area contributed by atoms with E-state index in [-0.39, 0.29) is 18.4 Å². The van der Waals surface area contributed by atoms with E-state index < -0.39 is 0 Å². The first-order chi connectivity index (χ1) is 14.9. The lowest BCUT2D eigenvalue weighted by molar-refractivity contribution is -0.117. The molecule has 0 spiro atoms. The Balaban J connectivity index is 1.63. The zero-order valence-electron chi connectivity index (χ0n) is 17.4. The standard InChI is InChI=1S/C22H24ClN5O3/c1-3-11-28(13-20(30)25-17-8-6-7-16(12-17)24-15(2)29)14-21-26-27-22(31-21)18-9-4-5-10-19(18)23/h4-10,12H,3,11,13-14H2,1-2H3,(H,24,29)(H,25,30). The van der Waals surface area contributed by atoms with Crippen molar-refractivity contribution in [3.63, 3.8) is 0 Å². The molecule has 0 aliphatic carbocycles. The number of hydrogen-bond acceptors (Lipinski definition) is 6. The first-order valence-corrected chi connectivity index (χ1v) is 10.3. The van der Waals surface area contributed by atoms with E-state index in [4.69, 9.17) is 16.0 Å². The molecule has 8 nitrogen and oxygen atoms in total. The van der Waals surface area contributed by atoms with Crippen molar-refractivity contribution >= 4 is 34.8 Å². The summed E-state index contributed by atoms with van der Waals surface area (Å²) in [6.07, 6.45) is 0.858. The molecule has 0 saturated carbocycles. The fourth-order valence-corrected chi connectivity index (χ4v) is 3.28. The van der Waals surface area contributed by atoms with E-state index in [1.165, 1.54) is 6.92 Å². The van der Waals surface area contributed by atoms with Gasteiger partial charge in [-0.2, -0.15) is 0 Å². The number of rotatable bonds is 9. The van der Waals surface area contributed by atoms with Gasteiger partial charge in [-0.3, -0.25) is 14.5 Å². The number of benzene rings is 2. The summed E-state index contributed by atoms with van der Waals surface area (Å²) in [5.74, 6) is 0.396. The van der Waals surface area contributed by atoms with Crippen LogP contribution in [0.25, 0.3) is 11.5 Å². The Morgan fingerprint density at radius 3 is 2.52 bits per heavy atom. The Hall–Kier alpha value is -3.23. The second-order valence-electron chi connectivity index (χ2n) is 7.00. The zero-order valence-corrected chi connectivity index (χ0v) is 18.1. The first-order valence-electron chi connectivity index (χ1n) is 9.91. The highest BCUT2D eigenvalue weighted by Crippen LogP contribution is 2.26. The highest BCUT2D eigenvalue weighted by atomic mass is 35.5. The summed E-state index contributed by atoms with van der Waals surface area (Å²) >= 11 is 6.19. The summed E-state index contributed by atoms with van der Waals surface area (Å²) in [4.78, 5) is 25.7. The number of nitrogens with zero attached hydrogens (tertiary/aromatic N) is 3. The van der Waals surface area contributed by atoms with Crippen LogP contribution in [0.1, 0.15) is 26.2 Å². The molecule has 2 N–H and O–H groups in total. The molecule has 0 fully saturated rings. The van der Waals surface area contributed by atoms with Gasteiger partial charge >= 0.3 is 0 Å². The van der Waals surface area contributed by atoms with Crippen molar-refractivity contribution in [2.75, 3.05) is 23.7 Å². The minimum absolute atomic E-state index is 0.155. The molecular weight excluding hydrogens is 418 g/mol. The summed E-state index contributed by atoms with van der Waals surface area (Å²) in [7, 11) is 0. The molecular formula is C22H24ClN5O3. The van der Waals surface area contributed by atoms with Crippen molar-refractivity contribution in [2.45, 2.75) is 26.8 Å². The third kappa shape index (κ3) is 6.63. The van der Waals surface area contributed by atoms with Crippen molar-refractivity contribution in [2.24, 2.45) is 0 Å². The van der Waals surface area contributed by atoms with Crippen LogP contribution in [-0.2, 0) is 16.1 Å². The topological polar surface area (TPSA) is 100 Å². The molecule has 31 heavy (non-hydrogen) atoms. The quantitative estimate of drug-likeness (QED) is 0.516. The molecule has 0 bridgehead atoms. The van der Waals surface area contributed by atoms with Crippen LogP contribution in [-0.4, -0.2) is 40.0 Å². The van der Waals surface area contributed by atoms with Gasteiger partial charge in [-0.15, -0.1) is 10.2 Å². The van der Waals surface area contributed by atoms with Crippen LogP contribution in [0.5, 0.6) is 0 Å². The molecule has 0 aliphatic rings. The lowest BCUT2D eigenvalue weighted by Gasteiger charge is -2.19. The normalized spacial score (nSPS) is 10.8. The number of hydrogen-bond donors (Lipinski definition) is 2. The van der Waals surface area contributed by atoms with Gasteiger partial charge in [0.25, 0.3) is 0 Å². The zero-order chi connectivity index (χ0) is 22.2. The van der Waals surface area contributed by atoms with Gasteiger partial charge in [0.05, 0.1) is 23.7 Å². The predicted molar refractivity (Wildman–Crippen MR) is 120 cm³/mol. The summed E-state index contributed by atoms with van der Waals surface area (Å²) in [5, 5.41) is 14.3. The number of carbonyl (C=O) groups excluding carboxylic acids is 2.